The average Bonchev–Trinajstić information content (AvgIpc) is 2.50. The van der Waals surface area contributed by atoms with E-state index in [1.165, 1.54) is 9.79 Å². The van der Waals surface area contributed by atoms with Crippen LogP contribution in [0.3, 0.4) is 0 Å². The fraction of sp³-hybridized carbons (Fsp3) is 0.429. The summed E-state index contributed by atoms with van der Waals surface area (Å²) in [6, 6.07) is 0. The molecule has 60 valence electrons. The molecule has 0 aromatic carbocycles. The highest BCUT2D eigenvalue weighted by Crippen LogP contribution is 2.42. The van der Waals surface area contributed by atoms with Crippen LogP contribution < -0.4 is 0 Å². The molecule has 1 aliphatic rings. The zero-order valence-corrected chi connectivity index (χ0v) is 8.27. The first-order valence-electron chi connectivity index (χ1n) is 3.36. The first kappa shape index (κ1) is 7.98. The Labute approximate surface area is 78.2 Å². The van der Waals surface area contributed by atoms with Crippen molar-refractivity contribution in [3.05, 3.63) is 10.8 Å². The maximum absolute atomic E-state index is 8.92. The lowest BCUT2D eigenvalue weighted by atomic mass is 10.5. The predicted octanol–water partition coefficient (Wildman–Crippen LogP) is 2.31. The topological polar surface area (TPSA) is 20.2 Å². The highest BCUT2D eigenvalue weighted by atomic mass is 32.2. The van der Waals surface area contributed by atoms with Gasteiger partial charge in [-0.05, 0) is 0 Å². The Morgan fingerprint density at radius 1 is 1.45 bits per heavy atom. The van der Waals surface area contributed by atoms with Crippen LogP contribution in [-0.4, -0.2) is 22.7 Å². The summed E-state index contributed by atoms with van der Waals surface area (Å²) in [6.07, 6.45) is 0. The summed E-state index contributed by atoms with van der Waals surface area (Å²) in [7, 11) is 0. The number of hydrogen-bond donors (Lipinski definition) is 1. The van der Waals surface area contributed by atoms with E-state index in [0.717, 1.165) is 5.75 Å². The number of hydrogen-bond acceptors (Lipinski definition) is 4. The molecule has 0 amide bonds. The first-order valence-corrected chi connectivity index (χ1v) is 6.17. The van der Waals surface area contributed by atoms with E-state index < -0.39 is 0 Å². The highest BCUT2D eigenvalue weighted by Gasteiger charge is 2.19. The van der Waals surface area contributed by atoms with Gasteiger partial charge in [-0.2, -0.15) is 11.3 Å². The van der Waals surface area contributed by atoms with E-state index in [4.69, 9.17) is 5.11 Å². The van der Waals surface area contributed by atoms with Gasteiger partial charge in [-0.25, -0.2) is 0 Å². The molecule has 4 heteroatoms. The van der Waals surface area contributed by atoms with Crippen LogP contribution in [0.5, 0.6) is 0 Å². The summed E-state index contributed by atoms with van der Waals surface area (Å²) in [4.78, 5) is 2.75. The van der Waals surface area contributed by atoms with E-state index in [1.807, 2.05) is 11.8 Å². The lowest BCUT2D eigenvalue weighted by Gasteiger charge is -2.18. The van der Waals surface area contributed by atoms with E-state index in [2.05, 4.69) is 10.8 Å². The van der Waals surface area contributed by atoms with Crippen LogP contribution in [0.4, 0.5) is 0 Å². The fourth-order valence-electron chi connectivity index (χ4n) is 0.951. The van der Waals surface area contributed by atoms with E-state index in [0.29, 0.717) is 11.9 Å². The number of thiophene rings is 1. The van der Waals surface area contributed by atoms with Crippen molar-refractivity contribution in [1.82, 2.24) is 0 Å². The third kappa shape index (κ3) is 1.59. The van der Waals surface area contributed by atoms with E-state index in [9.17, 15) is 0 Å². The molecule has 1 nitrogen and oxygen atoms in total. The summed E-state index contributed by atoms with van der Waals surface area (Å²) in [5.74, 6) is 1.05. The summed E-state index contributed by atoms with van der Waals surface area (Å²) >= 11 is 5.41. The molecule has 0 bridgehead atoms. The third-order valence-electron chi connectivity index (χ3n) is 1.52. The van der Waals surface area contributed by atoms with Crippen molar-refractivity contribution in [2.45, 2.75) is 15.0 Å². The van der Waals surface area contributed by atoms with Crippen LogP contribution in [0.25, 0.3) is 0 Å². The molecule has 0 aliphatic carbocycles. The Morgan fingerprint density at radius 3 is 3.09 bits per heavy atom. The number of fused-ring (bicyclic) bond motifs is 1. The lowest BCUT2D eigenvalue weighted by molar-refractivity contribution is 0.301. The van der Waals surface area contributed by atoms with Crippen LogP contribution in [0.2, 0.25) is 0 Å². The van der Waals surface area contributed by atoms with Crippen molar-refractivity contribution < 1.29 is 5.11 Å². The number of aliphatic hydroxyl groups excluding tert-OH is 1. The zero-order chi connectivity index (χ0) is 7.68. The van der Waals surface area contributed by atoms with Gasteiger partial charge in [-0.15, -0.1) is 23.5 Å². The largest absolute Gasteiger partial charge is 0.395 e. The van der Waals surface area contributed by atoms with Gasteiger partial charge in [0, 0.05) is 31.6 Å². The molecule has 2 heterocycles. The second-order valence-electron chi connectivity index (χ2n) is 2.33. The van der Waals surface area contributed by atoms with Crippen molar-refractivity contribution in [1.29, 1.82) is 0 Å². The molecule has 0 radical (unpaired) electrons. The summed E-state index contributed by atoms with van der Waals surface area (Å²) in [5.41, 5.74) is 0. The number of thioether (sulfide) groups is 2. The van der Waals surface area contributed by atoms with Gasteiger partial charge in [0.2, 0.25) is 0 Å². The van der Waals surface area contributed by atoms with Gasteiger partial charge in [0.05, 0.1) is 6.61 Å². The number of aliphatic hydroxyl groups is 1. The molecule has 1 unspecified atom stereocenters. The maximum Gasteiger partial charge on any atom is 0.0561 e. The fourth-order valence-corrected chi connectivity index (χ4v) is 4.58. The second-order valence-corrected chi connectivity index (χ2v) is 5.48. The molecular formula is C7H8OS3. The van der Waals surface area contributed by atoms with Crippen LogP contribution in [0.1, 0.15) is 0 Å². The molecule has 1 aromatic rings. The van der Waals surface area contributed by atoms with Crippen LogP contribution >= 0.6 is 34.9 Å². The summed E-state index contributed by atoms with van der Waals surface area (Å²) in [6.45, 7) is 0.299. The molecule has 0 fully saturated rings. The van der Waals surface area contributed by atoms with Crippen molar-refractivity contribution in [3.63, 3.8) is 0 Å². The lowest BCUT2D eigenvalue weighted by Crippen LogP contribution is -2.13. The minimum absolute atomic E-state index is 0.299. The van der Waals surface area contributed by atoms with Gasteiger partial charge in [0.25, 0.3) is 0 Å². The van der Waals surface area contributed by atoms with Gasteiger partial charge in [0.15, 0.2) is 0 Å². The minimum atomic E-state index is 0.299. The van der Waals surface area contributed by atoms with Gasteiger partial charge < -0.3 is 5.11 Å². The SMILES string of the molecule is OCC1CSc2cscc2S1. The average molecular weight is 204 g/mol. The monoisotopic (exact) mass is 204 g/mol. The molecular weight excluding hydrogens is 196 g/mol. The van der Waals surface area contributed by atoms with Gasteiger partial charge in [0.1, 0.15) is 0 Å². The molecule has 1 N–H and O–H groups in total. The smallest absolute Gasteiger partial charge is 0.0561 e. The van der Waals surface area contributed by atoms with E-state index >= 15 is 0 Å². The molecule has 1 aromatic heterocycles. The van der Waals surface area contributed by atoms with Gasteiger partial charge in [-0.3, -0.25) is 0 Å². The van der Waals surface area contributed by atoms with Gasteiger partial charge in [-0.1, -0.05) is 0 Å². The van der Waals surface area contributed by atoms with E-state index in [1.54, 1.807) is 23.1 Å². The minimum Gasteiger partial charge on any atom is -0.395 e. The summed E-state index contributed by atoms with van der Waals surface area (Å²) in [5, 5.41) is 13.7. The van der Waals surface area contributed by atoms with Crippen molar-refractivity contribution in [3.8, 4) is 0 Å². The Balaban J connectivity index is 2.18. The molecule has 11 heavy (non-hydrogen) atoms. The van der Waals surface area contributed by atoms with Crippen LogP contribution in [0, 0.1) is 0 Å². The second kappa shape index (κ2) is 3.39. The standard InChI is InChI=1S/C7H8OS3/c8-1-5-2-10-6-3-9-4-7(6)11-5/h3-5,8H,1-2H2. The number of rotatable bonds is 1. The highest BCUT2D eigenvalue weighted by molar-refractivity contribution is 8.06. The molecule has 1 atom stereocenters. The first-order chi connectivity index (χ1) is 5.40. The molecule has 0 saturated heterocycles. The Hall–Kier alpha value is 0.360. The molecule has 0 saturated carbocycles. The molecule has 1 aliphatic heterocycles. The van der Waals surface area contributed by atoms with Crippen molar-refractivity contribution in [2.24, 2.45) is 0 Å². The van der Waals surface area contributed by atoms with Crippen molar-refractivity contribution >= 4 is 34.9 Å². The Kier molecular flexibility index (Phi) is 2.46. The maximum atomic E-state index is 8.92. The van der Waals surface area contributed by atoms with Crippen LogP contribution in [-0.2, 0) is 0 Å². The Morgan fingerprint density at radius 2 is 2.27 bits per heavy atom. The molecule has 2 rings (SSSR count). The normalized spacial score (nSPS) is 23.2. The third-order valence-corrected chi connectivity index (χ3v) is 5.36. The van der Waals surface area contributed by atoms with Crippen LogP contribution in [0.15, 0.2) is 20.6 Å². The predicted molar refractivity (Wildman–Crippen MR) is 51.8 cm³/mol. The van der Waals surface area contributed by atoms with E-state index in [-0.39, 0.29) is 0 Å². The molecule has 0 spiro atoms. The quantitative estimate of drug-likeness (QED) is 0.758. The Bertz CT molecular complexity index is 246. The van der Waals surface area contributed by atoms with Gasteiger partial charge >= 0.3 is 0 Å². The zero-order valence-electron chi connectivity index (χ0n) is 5.82. The van der Waals surface area contributed by atoms with Crippen molar-refractivity contribution in [2.75, 3.05) is 12.4 Å². The summed E-state index contributed by atoms with van der Waals surface area (Å²) < 4.78 is 0.